The Balaban J connectivity index is 2.10. The van der Waals surface area contributed by atoms with Crippen LogP contribution >= 0.6 is 0 Å². The molecule has 0 bridgehead atoms. The third kappa shape index (κ3) is 2.60. The van der Waals surface area contributed by atoms with Crippen molar-refractivity contribution in [3.8, 4) is 0 Å². The van der Waals surface area contributed by atoms with Crippen LogP contribution < -0.4 is 0 Å². The highest BCUT2D eigenvalue weighted by molar-refractivity contribution is 5.27. The summed E-state index contributed by atoms with van der Waals surface area (Å²) in [5.41, 5.74) is 2.87. The maximum Gasteiger partial charge on any atom is 0.0546 e. The zero-order valence-corrected chi connectivity index (χ0v) is 9.45. The van der Waals surface area contributed by atoms with Crippen LogP contribution in [0.2, 0.25) is 0 Å². The van der Waals surface area contributed by atoms with Gasteiger partial charge in [-0.05, 0) is 42.7 Å². The van der Waals surface area contributed by atoms with Crippen molar-refractivity contribution in [2.75, 3.05) is 0 Å². The molecule has 1 N–H and O–H groups in total. The fraction of sp³-hybridized carbons (Fsp3) is 0.571. The van der Waals surface area contributed by atoms with Gasteiger partial charge >= 0.3 is 0 Å². The van der Waals surface area contributed by atoms with Gasteiger partial charge in [-0.1, -0.05) is 37.6 Å². The molecule has 1 saturated carbocycles. The molecule has 0 aliphatic heterocycles. The summed E-state index contributed by atoms with van der Waals surface area (Å²) in [6, 6.07) is 8.90. The van der Waals surface area contributed by atoms with Gasteiger partial charge in [-0.25, -0.2) is 0 Å². The van der Waals surface area contributed by atoms with Gasteiger partial charge < -0.3 is 5.11 Å². The van der Waals surface area contributed by atoms with Crippen molar-refractivity contribution in [2.24, 2.45) is 0 Å². The molecule has 2 unspecified atom stereocenters. The van der Waals surface area contributed by atoms with Crippen molar-refractivity contribution in [3.05, 3.63) is 35.4 Å². The molecule has 0 spiro atoms. The van der Waals surface area contributed by atoms with Crippen LogP contribution in [0, 0.1) is 0 Å². The molecule has 2 atom stereocenters. The molecule has 2 rings (SSSR count). The van der Waals surface area contributed by atoms with Crippen LogP contribution in [0.25, 0.3) is 0 Å². The molecule has 1 aromatic carbocycles. The van der Waals surface area contributed by atoms with E-state index in [9.17, 15) is 5.11 Å². The zero-order valence-electron chi connectivity index (χ0n) is 9.45. The quantitative estimate of drug-likeness (QED) is 0.801. The molecule has 1 aromatic rings. The summed E-state index contributed by atoms with van der Waals surface area (Å²) in [5, 5.41) is 9.53. The number of aryl methyl sites for hydroxylation is 1. The highest BCUT2D eigenvalue weighted by Gasteiger charge is 2.23. The fourth-order valence-corrected chi connectivity index (χ4v) is 2.55. The van der Waals surface area contributed by atoms with E-state index in [1.54, 1.807) is 0 Å². The lowest BCUT2D eigenvalue weighted by molar-refractivity contribution is 0.181. The highest BCUT2D eigenvalue weighted by atomic mass is 16.3. The Morgan fingerprint density at radius 1 is 1.33 bits per heavy atom. The van der Waals surface area contributed by atoms with Gasteiger partial charge in [-0.15, -0.1) is 0 Å². The first-order valence-corrected chi connectivity index (χ1v) is 6.06. The summed E-state index contributed by atoms with van der Waals surface area (Å²) in [7, 11) is 0. The second kappa shape index (κ2) is 4.80. The van der Waals surface area contributed by atoms with Gasteiger partial charge in [-0.3, -0.25) is 0 Å². The fourth-order valence-electron chi connectivity index (χ4n) is 2.55. The largest absolute Gasteiger partial charge is 0.393 e. The molecule has 1 aliphatic rings. The molecule has 15 heavy (non-hydrogen) atoms. The van der Waals surface area contributed by atoms with E-state index in [4.69, 9.17) is 0 Å². The van der Waals surface area contributed by atoms with E-state index in [-0.39, 0.29) is 6.10 Å². The number of hydrogen-bond acceptors (Lipinski definition) is 1. The van der Waals surface area contributed by atoms with Crippen LogP contribution in [0.5, 0.6) is 0 Å². The Hall–Kier alpha value is -0.820. The van der Waals surface area contributed by atoms with Crippen molar-refractivity contribution in [1.29, 1.82) is 0 Å². The average molecular weight is 204 g/mol. The highest BCUT2D eigenvalue weighted by Crippen LogP contribution is 2.34. The topological polar surface area (TPSA) is 20.2 Å². The molecule has 0 aromatic heterocycles. The Morgan fingerprint density at radius 2 is 2.20 bits per heavy atom. The lowest BCUT2D eigenvalue weighted by atomic mass is 9.95. The van der Waals surface area contributed by atoms with E-state index >= 15 is 0 Å². The number of benzene rings is 1. The van der Waals surface area contributed by atoms with Gasteiger partial charge in [0.1, 0.15) is 0 Å². The van der Waals surface area contributed by atoms with E-state index in [1.165, 1.54) is 24.0 Å². The number of aliphatic hydroxyl groups excluding tert-OH is 1. The SMILES string of the molecule is CCCc1cccc(C2CCC(O)C2)c1. The van der Waals surface area contributed by atoms with E-state index in [1.807, 2.05) is 0 Å². The van der Waals surface area contributed by atoms with Gasteiger partial charge in [0, 0.05) is 0 Å². The van der Waals surface area contributed by atoms with Crippen LogP contribution in [0.3, 0.4) is 0 Å². The van der Waals surface area contributed by atoms with E-state index < -0.39 is 0 Å². The Labute approximate surface area is 92.1 Å². The smallest absolute Gasteiger partial charge is 0.0546 e. The first-order chi connectivity index (χ1) is 7.29. The second-order valence-electron chi connectivity index (χ2n) is 4.66. The van der Waals surface area contributed by atoms with E-state index in [2.05, 4.69) is 31.2 Å². The van der Waals surface area contributed by atoms with Gasteiger partial charge in [-0.2, -0.15) is 0 Å². The lowest BCUT2D eigenvalue weighted by Gasteiger charge is -2.11. The van der Waals surface area contributed by atoms with Crippen molar-refractivity contribution in [3.63, 3.8) is 0 Å². The second-order valence-corrected chi connectivity index (χ2v) is 4.66. The molecule has 1 nitrogen and oxygen atoms in total. The molecule has 0 saturated heterocycles. The van der Waals surface area contributed by atoms with Gasteiger partial charge in [0.25, 0.3) is 0 Å². The predicted octanol–water partition coefficient (Wildman–Crippen LogP) is 3.27. The molecule has 82 valence electrons. The van der Waals surface area contributed by atoms with Crippen molar-refractivity contribution in [1.82, 2.24) is 0 Å². The van der Waals surface area contributed by atoms with Crippen LogP contribution in [-0.2, 0) is 6.42 Å². The maximum absolute atomic E-state index is 9.53. The molecule has 1 heteroatoms. The van der Waals surface area contributed by atoms with Gasteiger partial charge in [0.2, 0.25) is 0 Å². The summed E-state index contributed by atoms with van der Waals surface area (Å²) in [6.45, 7) is 2.21. The van der Waals surface area contributed by atoms with Gasteiger partial charge in [0.15, 0.2) is 0 Å². The molecule has 0 radical (unpaired) electrons. The van der Waals surface area contributed by atoms with Crippen molar-refractivity contribution < 1.29 is 5.11 Å². The Morgan fingerprint density at radius 3 is 2.87 bits per heavy atom. The monoisotopic (exact) mass is 204 g/mol. The summed E-state index contributed by atoms with van der Waals surface area (Å²) in [4.78, 5) is 0. The van der Waals surface area contributed by atoms with Gasteiger partial charge in [0.05, 0.1) is 6.10 Å². The minimum absolute atomic E-state index is 0.0650. The normalized spacial score (nSPS) is 25.7. The van der Waals surface area contributed by atoms with Crippen molar-refractivity contribution in [2.45, 2.75) is 51.0 Å². The van der Waals surface area contributed by atoms with Crippen LogP contribution in [0.15, 0.2) is 24.3 Å². The average Bonchev–Trinajstić information content (AvgIpc) is 2.66. The van der Waals surface area contributed by atoms with Crippen molar-refractivity contribution >= 4 is 0 Å². The number of hydrogen-bond donors (Lipinski definition) is 1. The van der Waals surface area contributed by atoms with Crippen LogP contribution in [-0.4, -0.2) is 11.2 Å². The molecule has 0 heterocycles. The van der Waals surface area contributed by atoms with E-state index in [0.717, 1.165) is 19.3 Å². The van der Waals surface area contributed by atoms with Crippen LogP contribution in [0.1, 0.15) is 49.7 Å². The lowest BCUT2D eigenvalue weighted by Crippen LogP contribution is -1.99. The first-order valence-electron chi connectivity index (χ1n) is 6.06. The third-order valence-electron chi connectivity index (χ3n) is 3.37. The Kier molecular flexibility index (Phi) is 3.42. The summed E-state index contributed by atoms with van der Waals surface area (Å²) >= 11 is 0. The molecular weight excluding hydrogens is 184 g/mol. The standard InChI is InChI=1S/C14H20O/c1-2-4-11-5-3-6-12(9-11)13-7-8-14(15)10-13/h3,5-6,9,13-15H,2,4,7-8,10H2,1H3. The maximum atomic E-state index is 9.53. The minimum Gasteiger partial charge on any atom is -0.393 e. The summed E-state index contributed by atoms with van der Waals surface area (Å²) in [6.07, 6.45) is 5.39. The molecule has 1 fully saturated rings. The first kappa shape index (κ1) is 10.7. The minimum atomic E-state index is -0.0650. The van der Waals surface area contributed by atoms with Crippen LogP contribution in [0.4, 0.5) is 0 Å². The van der Waals surface area contributed by atoms with E-state index in [0.29, 0.717) is 5.92 Å². The summed E-state index contributed by atoms with van der Waals surface area (Å²) < 4.78 is 0. The molecule has 1 aliphatic carbocycles. The number of rotatable bonds is 3. The number of aliphatic hydroxyl groups is 1. The third-order valence-corrected chi connectivity index (χ3v) is 3.37. The zero-order chi connectivity index (χ0) is 10.7. The molecule has 0 amide bonds. The predicted molar refractivity (Wildman–Crippen MR) is 63.0 cm³/mol. The Bertz CT molecular complexity index is 319. The summed E-state index contributed by atoms with van der Waals surface area (Å²) in [5.74, 6) is 0.594. The molecular formula is C14H20O.